The highest BCUT2D eigenvalue weighted by Crippen LogP contribution is 2.47. The van der Waals surface area contributed by atoms with E-state index in [4.69, 9.17) is 0 Å². The molecule has 29 heavy (non-hydrogen) atoms. The van der Waals surface area contributed by atoms with Crippen molar-refractivity contribution in [2.24, 2.45) is 0 Å². The van der Waals surface area contributed by atoms with Gasteiger partial charge in [0.2, 0.25) is 0 Å². The zero-order valence-electron chi connectivity index (χ0n) is 16.3. The van der Waals surface area contributed by atoms with Crippen molar-refractivity contribution in [2.75, 3.05) is 34.8 Å². The van der Waals surface area contributed by atoms with E-state index < -0.39 is 21.8 Å². The quantitative estimate of drug-likeness (QED) is 0.823. The lowest BCUT2D eigenvalue weighted by Crippen LogP contribution is -2.55. The van der Waals surface area contributed by atoms with Gasteiger partial charge in [0.25, 0.3) is 0 Å². The van der Waals surface area contributed by atoms with Gasteiger partial charge < -0.3 is 5.32 Å². The number of rotatable bonds is 4. The van der Waals surface area contributed by atoms with Gasteiger partial charge in [-0.25, -0.2) is 17.4 Å². The van der Waals surface area contributed by atoms with Crippen LogP contribution in [0.2, 0.25) is 0 Å². The molecule has 1 N–H and O–H groups in total. The second-order valence-corrected chi connectivity index (χ2v) is 9.33. The van der Waals surface area contributed by atoms with E-state index in [0.29, 0.717) is 6.54 Å². The number of nitrogens with one attached hydrogen (secondary N) is 1. The smallest absolute Gasteiger partial charge is 0.309 e. The second-order valence-electron chi connectivity index (χ2n) is 7.63. The highest BCUT2D eigenvalue weighted by Gasteiger charge is 2.44. The highest BCUT2D eigenvalue weighted by atomic mass is 32.2. The third kappa shape index (κ3) is 3.58. The summed E-state index contributed by atoms with van der Waals surface area (Å²) in [4.78, 5) is 2.16. The lowest BCUT2D eigenvalue weighted by Gasteiger charge is -2.36. The van der Waals surface area contributed by atoms with Gasteiger partial charge in [-0.15, -0.1) is 0 Å². The molecule has 0 spiro atoms. The molecule has 0 aliphatic carbocycles. The number of benzene rings is 2. The van der Waals surface area contributed by atoms with Gasteiger partial charge in [0.05, 0.1) is 11.4 Å². The van der Waals surface area contributed by atoms with E-state index in [1.807, 2.05) is 0 Å². The molecule has 2 aliphatic rings. The topological polar surface area (TPSA) is 55.9 Å². The Morgan fingerprint density at radius 2 is 1.55 bits per heavy atom. The van der Waals surface area contributed by atoms with Crippen molar-refractivity contribution >= 4 is 27.3 Å². The van der Waals surface area contributed by atoms with Crippen molar-refractivity contribution in [1.82, 2.24) is 10.2 Å². The van der Waals surface area contributed by atoms with E-state index in [9.17, 15) is 17.2 Å². The normalized spacial score (nSPS) is 24.0. The molecule has 0 unspecified atom stereocenters. The van der Waals surface area contributed by atoms with Crippen molar-refractivity contribution in [3.63, 3.8) is 0 Å². The number of hydrogen-bond acceptors (Lipinski definition) is 4. The van der Waals surface area contributed by atoms with Gasteiger partial charge in [0.15, 0.2) is 0 Å². The molecule has 2 atom stereocenters. The molecular formula is C20H24F2N4O2S. The van der Waals surface area contributed by atoms with Gasteiger partial charge in [-0.1, -0.05) is 18.2 Å². The van der Waals surface area contributed by atoms with Crippen molar-refractivity contribution in [3.05, 3.63) is 54.1 Å². The molecule has 2 aromatic carbocycles. The standard InChI is InChI=1S/C20H24F2N4O2S/c1-14-12-24(13-15(2)23-14)10-11-25-20-17(22)7-5-9-19(20)26(29(25,27)28)18-8-4-3-6-16(18)21/h3-9,14-15,23H,10-13H2,1-2H3/t14-,15+. The van der Waals surface area contributed by atoms with E-state index in [-0.39, 0.29) is 35.7 Å². The van der Waals surface area contributed by atoms with E-state index in [1.54, 1.807) is 6.07 Å². The van der Waals surface area contributed by atoms with Crippen LogP contribution in [0, 0.1) is 11.6 Å². The third-order valence-corrected chi connectivity index (χ3v) is 7.04. The molecule has 1 fully saturated rings. The molecule has 0 amide bonds. The zero-order chi connectivity index (χ0) is 20.8. The molecule has 9 heteroatoms. The Morgan fingerprint density at radius 1 is 0.931 bits per heavy atom. The molecule has 0 bridgehead atoms. The van der Waals surface area contributed by atoms with Gasteiger partial charge in [-0.05, 0) is 38.1 Å². The van der Waals surface area contributed by atoms with Crippen LogP contribution in [0.3, 0.4) is 0 Å². The molecule has 6 nitrogen and oxygen atoms in total. The third-order valence-electron chi connectivity index (χ3n) is 5.27. The van der Waals surface area contributed by atoms with Crippen LogP contribution in [0.1, 0.15) is 13.8 Å². The first kappa shape index (κ1) is 20.1. The van der Waals surface area contributed by atoms with Crippen molar-refractivity contribution < 1.29 is 17.2 Å². The lowest BCUT2D eigenvalue weighted by molar-refractivity contribution is 0.178. The summed E-state index contributed by atoms with van der Waals surface area (Å²) in [6.07, 6.45) is 0. The Morgan fingerprint density at radius 3 is 2.24 bits per heavy atom. The van der Waals surface area contributed by atoms with Crippen molar-refractivity contribution in [2.45, 2.75) is 25.9 Å². The predicted octanol–water partition coefficient (Wildman–Crippen LogP) is 2.85. The van der Waals surface area contributed by atoms with Crippen LogP contribution in [0.25, 0.3) is 0 Å². The minimum atomic E-state index is -4.17. The maximum Gasteiger partial charge on any atom is 0.331 e. The summed E-state index contributed by atoms with van der Waals surface area (Å²) in [5.74, 6) is -1.33. The predicted molar refractivity (Wildman–Crippen MR) is 110 cm³/mol. The summed E-state index contributed by atoms with van der Waals surface area (Å²) in [6, 6.07) is 10.3. The van der Waals surface area contributed by atoms with Crippen LogP contribution >= 0.6 is 0 Å². The van der Waals surface area contributed by atoms with Crippen molar-refractivity contribution in [1.29, 1.82) is 0 Å². The second kappa shape index (κ2) is 7.55. The minimum Gasteiger partial charge on any atom is -0.309 e. The molecule has 4 rings (SSSR count). The number of piperazine rings is 1. The van der Waals surface area contributed by atoms with Crippen molar-refractivity contribution in [3.8, 4) is 0 Å². The fourth-order valence-electron chi connectivity index (χ4n) is 4.21. The first-order valence-corrected chi connectivity index (χ1v) is 11.0. The minimum absolute atomic E-state index is 0.0352. The summed E-state index contributed by atoms with van der Waals surface area (Å²) >= 11 is 0. The van der Waals surface area contributed by atoms with Gasteiger partial charge >= 0.3 is 10.2 Å². The van der Waals surface area contributed by atoms with Gasteiger partial charge in [0, 0.05) is 38.3 Å². The summed E-state index contributed by atoms with van der Waals surface area (Å²) in [6.45, 7) is 6.24. The van der Waals surface area contributed by atoms with Crippen LogP contribution < -0.4 is 13.9 Å². The van der Waals surface area contributed by atoms with Crippen LogP contribution in [0.15, 0.2) is 42.5 Å². The molecule has 156 valence electrons. The van der Waals surface area contributed by atoms with Crippen LogP contribution in [0.5, 0.6) is 0 Å². The van der Waals surface area contributed by atoms with Crippen LogP contribution in [0.4, 0.5) is 25.8 Å². The highest BCUT2D eigenvalue weighted by molar-refractivity contribution is 7.95. The first-order chi connectivity index (χ1) is 13.8. The number of para-hydroxylation sites is 2. The van der Waals surface area contributed by atoms with Gasteiger partial charge in [0.1, 0.15) is 17.3 Å². The van der Waals surface area contributed by atoms with Crippen LogP contribution in [-0.2, 0) is 10.2 Å². The van der Waals surface area contributed by atoms with Gasteiger partial charge in [-0.2, -0.15) is 8.42 Å². The average Bonchev–Trinajstić information content (AvgIpc) is 2.87. The molecule has 0 radical (unpaired) electrons. The molecule has 0 saturated carbocycles. The number of anilines is 3. The monoisotopic (exact) mass is 422 g/mol. The Labute approximate surface area is 169 Å². The molecule has 0 aromatic heterocycles. The summed E-state index contributed by atoms with van der Waals surface area (Å²) in [5.41, 5.74) is -0.0320. The Balaban J connectivity index is 1.69. The largest absolute Gasteiger partial charge is 0.331 e. The Bertz CT molecular complexity index is 1010. The Kier molecular flexibility index (Phi) is 5.22. The fraction of sp³-hybridized carbons (Fsp3) is 0.400. The maximum absolute atomic E-state index is 14.7. The molecule has 2 aliphatic heterocycles. The van der Waals surface area contributed by atoms with E-state index in [2.05, 4.69) is 24.1 Å². The van der Waals surface area contributed by atoms with Crippen LogP contribution in [-0.4, -0.2) is 51.6 Å². The SMILES string of the molecule is C[C@@H]1CN(CCN2c3c(F)cccc3N(c3ccccc3F)S2(=O)=O)C[C@H](C)N1. The molecular weight excluding hydrogens is 398 g/mol. The summed E-state index contributed by atoms with van der Waals surface area (Å²) < 4.78 is 57.8. The number of nitrogens with zero attached hydrogens (tertiary/aromatic N) is 3. The molecule has 2 heterocycles. The lowest BCUT2D eigenvalue weighted by atomic mass is 10.1. The maximum atomic E-state index is 14.7. The number of hydrogen-bond donors (Lipinski definition) is 1. The van der Waals surface area contributed by atoms with E-state index in [1.165, 1.54) is 36.4 Å². The molecule has 2 aromatic rings. The average molecular weight is 423 g/mol. The number of fused-ring (bicyclic) bond motifs is 1. The Hall–Kier alpha value is -2.23. The van der Waals surface area contributed by atoms with E-state index in [0.717, 1.165) is 21.7 Å². The zero-order valence-corrected chi connectivity index (χ0v) is 17.2. The first-order valence-electron chi connectivity index (χ1n) is 9.63. The number of halogens is 2. The summed E-state index contributed by atoms with van der Waals surface area (Å²) in [5, 5.41) is 3.43. The van der Waals surface area contributed by atoms with E-state index >= 15 is 0 Å². The fourth-order valence-corrected chi connectivity index (χ4v) is 5.92. The molecule has 1 saturated heterocycles. The van der Waals surface area contributed by atoms with Gasteiger partial charge in [-0.3, -0.25) is 4.90 Å². The summed E-state index contributed by atoms with van der Waals surface area (Å²) in [7, 11) is -4.17.